The van der Waals surface area contributed by atoms with Gasteiger partial charge in [-0.2, -0.15) is 5.26 Å². The molecule has 0 aliphatic rings. The summed E-state index contributed by atoms with van der Waals surface area (Å²) in [7, 11) is 0. The van der Waals surface area contributed by atoms with Crippen molar-refractivity contribution in [3.8, 4) is 28.3 Å². The topological polar surface area (TPSA) is 53.9 Å². The molecule has 5 aromatic rings. The number of nitrogens with zero attached hydrogens (tertiary/aromatic N) is 4. The summed E-state index contributed by atoms with van der Waals surface area (Å²) >= 11 is 1.75. The molecule has 5 heteroatoms. The van der Waals surface area contributed by atoms with Crippen molar-refractivity contribution in [3.05, 3.63) is 90.3 Å². The van der Waals surface area contributed by atoms with Crippen molar-refractivity contribution in [3.63, 3.8) is 0 Å². The van der Waals surface area contributed by atoms with Gasteiger partial charge in [-0.15, -0.1) is 11.3 Å². The van der Waals surface area contributed by atoms with Crippen LogP contribution in [0.15, 0.2) is 73.3 Å². The van der Waals surface area contributed by atoms with Crippen LogP contribution < -0.4 is 0 Å². The molecule has 0 unspecified atom stereocenters. The van der Waals surface area contributed by atoms with E-state index in [1.807, 2.05) is 12.1 Å². The second-order valence-corrected chi connectivity index (χ2v) is 7.73. The summed E-state index contributed by atoms with van der Waals surface area (Å²) < 4.78 is 2.41. The number of thiophene rings is 1. The van der Waals surface area contributed by atoms with Crippen LogP contribution in [0.2, 0.25) is 0 Å². The maximum Gasteiger partial charge on any atom is 0.205 e. The van der Waals surface area contributed by atoms with E-state index in [1.54, 1.807) is 36.1 Å². The Morgan fingerprint density at radius 1 is 0.759 bits per heavy atom. The lowest BCUT2D eigenvalue weighted by Gasteiger charge is -2.04. The minimum absolute atomic E-state index is 0.532. The molecule has 134 valence electrons. The Morgan fingerprint density at radius 2 is 1.38 bits per heavy atom. The minimum atomic E-state index is 0.532. The van der Waals surface area contributed by atoms with E-state index in [0.29, 0.717) is 11.3 Å². The van der Waals surface area contributed by atoms with Crippen molar-refractivity contribution in [1.82, 2.24) is 9.97 Å². The van der Waals surface area contributed by atoms with Crippen LogP contribution in [0.25, 0.3) is 47.3 Å². The summed E-state index contributed by atoms with van der Waals surface area (Å²) in [5.74, 6) is 0. The fraction of sp³-hybridized carbons (Fsp3) is 0. The molecule has 0 atom stereocenters. The number of pyridine rings is 2. The van der Waals surface area contributed by atoms with Gasteiger partial charge in [-0.3, -0.25) is 9.97 Å². The van der Waals surface area contributed by atoms with Crippen LogP contribution in [-0.4, -0.2) is 9.97 Å². The van der Waals surface area contributed by atoms with E-state index in [9.17, 15) is 0 Å². The molecule has 3 aromatic heterocycles. The van der Waals surface area contributed by atoms with Gasteiger partial charge in [0.2, 0.25) is 5.69 Å². The number of aromatic nitrogens is 2. The maximum absolute atomic E-state index is 9.15. The van der Waals surface area contributed by atoms with Crippen molar-refractivity contribution >= 4 is 37.2 Å². The highest BCUT2D eigenvalue weighted by Crippen LogP contribution is 2.38. The average Bonchev–Trinajstić information content (AvgIpc) is 3.16. The van der Waals surface area contributed by atoms with Gasteiger partial charge in [0.15, 0.2) is 0 Å². The third-order valence-corrected chi connectivity index (χ3v) is 6.01. The lowest BCUT2D eigenvalue weighted by atomic mass is 10.0. The zero-order valence-corrected chi connectivity index (χ0v) is 15.9. The molecule has 0 N–H and O–H groups in total. The number of nitriles is 1. The van der Waals surface area contributed by atoms with Crippen molar-refractivity contribution < 1.29 is 0 Å². The Labute approximate surface area is 171 Å². The summed E-state index contributed by atoms with van der Waals surface area (Å²) in [4.78, 5) is 11.8. The molecule has 4 nitrogen and oxygen atoms in total. The van der Waals surface area contributed by atoms with Crippen LogP contribution in [0.4, 0.5) is 5.69 Å². The number of hydrogen-bond acceptors (Lipinski definition) is 4. The van der Waals surface area contributed by atoms with E-state index in [0.717, 1.165) is 22.3 Å². The normalized spacial score (nSPS) is 10.7. The fourth-order valence-corrected chi connectivity index (χ4v) is 4.51. The Kier molecular flexibility index (Phi) is 4.02. The van der Waals surface area contributed by atoms with E-state index >= 15 is 0 Å². The monoisotopic (exact) mass is 388 g/mol. The molecule has 0 radical (unpaired) electrons. The predicted octanol–water partition coefficient (Wildman–Crippen LogP) is 6.60. The highest BCUT2D eigenvalue weighted by molar-refractivity contribution is 7.25. The van der Waals surface area contributed by atoms with Crippen molar-refractivity contribution in [2.75, 3.05) is 0 Å². The summed E-state index contributed by atoms with van der Waals surface area (Å²) in [6, 6.07) is 18.6. The van der Waals surface area contributed by atoms with Crippen molar-refractivity contribution in [2.45, 2.75) is 0 Å². The van der Waals surface area contributed by atoms with Gasteiger partial charge in [0, 0.05) is 50.5 Å². The van der Waals surface area contributed by atoms with E-state index in [4.69, 9.17) is 11.8 Å². The SMILES string of the molecule is [C-]#[N+]c1cncc(-c2ccc3sc4ccc(-c5cncc(C#N)c5)cc4c3c2)c1. The molecule has 3 heterocycles. The highest BCUT2D eigenvalue weighted by atomic mass is 32.1. The van der Waals surface area contributed by atoms with Crippen LogP contribution in [0.1, 0.15) is 5.56 Å². The first-order valence-electron chi connectivity index (χ1n) is 8.90. The van der Waals surface area contributed by atoms with Gasteiger partial charge in [0.25, 0.3) is 0 Å². The number of fused-ring (bicyclic) bond motifs is 3. The predicted molar refractivity (Wildman–Crippen MR) is 117 cm³/mol. The number of hydrogen-bond donors (Lipinski definition) is 0. The molecule has 0 saturated carbocycles. The Morgan fingerprint density at radius 3 is 2.00 bits per heavy atom. The minimum Gasteiger partial charge on any atom is -0.276 e. The molecule has 29 heavy (non-hydrogen) atoms. The third-order valence-electron chi connectivity index (χ3n) is 4.86. The summed E-state index contributed by atoms with van der Waals surface area (Å²) in [6.07, 6.45) is 6.71. The second-order valence-electron chi connectivity index (χ2n) is 6.64. The van der Waals surface area contributed by atoms with Gasteiger partial charge in [-0.25, -0.2) is 4.85 Å². The Bertz CT molecular complexity index is 1370. The first kappa shape index (κ1) is 17.1. The molecule has 0 spiro atoms. The van der Waals surface area contributed by atoms with Crippen LogP contribution in [0.3, 0.4) is 0 Å². The van der Waals surface area contributed by atoms with Gasteiger partial charge in [0.05, 0.1) is 12.1 Å². The largest absolute Gasteiger partial charge is 0.276 e. The Balaban J connectivity index is 1.69. The molecule has 0 amide bonds. The van der Waals surface area contributed by atoms with E-state index in [2.05, 4.69) is 57.3 Å². The summed E-state index contributed by atoms with van der Waals surface area (Å²) in [5.41, 5.74) is 5.01. The number of benzene rings is 2. The third kappa shape index (κ3) is 3.00. The summed E-state index contributed by atoms with van der Waals surface area (Å²) in [6.45, 7) is 7.21. The fourth-order valence-electron chi connectivity index (χ4n) is 3.44. The zero-order valence-electron chi connectivity index (χ0n) is 15.1. The van der Waals surface area contributed by atoms with Gasteiger partial charge >= 0.3 is 0 Å². The molecule has 0 bridgehead atoms. The number of rotatable bonds is 2. The molecular weight excluding hydrogens is 376 g/mol. The molecule has 0 fully saturated rings. The quantitative estimate of drug-likeness (QED) is 0.320. The van der Waals surface area contributed by atoms with Crippen LogP contribution in [0, 0.1) is 17.9 Å². The van der Waals surface area contributed by atoms with Crippen LogP contribution >= 0.6 is 11.3 Å². The van der Waals surface area contributed by atoms with Gasteiger partial charge < -0.3 is 0 Å². The van der Waals surface area contributed by atoms with E-state index < -0.39 is 0 Å². The lowest BCUT2D eigenvalue weighted by Crippen LogP contribution is -1.83. The second kappa shape index (κ2) is 6.83. The van der Waals surface area contributed by atoms with Crippen LogP contribution in [-0.2, 0) is 0 Å². The van der Waals surface area contributed by atoms with Crippen molar-refractivity contribution in [1.29, 1.82) is 5.26 Å². The van der Waals surface area contributed by atoms with E-state index in [1.165, 1.54) is 20.2 Å². The summed E-state index contributed by atoms with van der Waals surface area (Å²) in [5, 5.41) is 11.5. The standard InChI is InChI=1S/C24H12N4S/c1-26-20-7-19(13-28-14-20)17-3-5-24-22(9-17)21-8-16(2-4-23(21)29-24)18-6-15(10-25)11-27-12-18/h2-9,11-14H. The molecular formula is C24H12N4S. The zero-order chi connectivity index (χ0) is 19.8. The highest BCUT2D eigenvalue weighted by Gasteiger charge is 2.10. The van der Waals surface area contributed by atoms with Gasteiger partial charge in [-0.05, 0) is 53.1 Å². The first-order chi connectivity index (χ1) is 14.2. The van der Waals surface area contributed by atoms with Gasteiger partial charge in [0.1, 0.15) is 6.07 Å². The van der Waals surface area contributed by atoms with E-state index in [-0.39, 0.29) is 0 Å². The molecule has 0 aliphatic carbocycles. The smallest absolute Gasteiger partial charge is 0.205 e. The molecule has 2 aromatic carbocycles. The first-order valence-corrected chi connectivity index (χ1v) is 9.71. The average molecular weight is 388 g/mol. The van der Waals surface area contributed by atoms with Gasteiger partial charge in [-0.1, -0.05) is 12.1 Å². The molecule has 0 aliphatic heterocycles. The Hall–Kier alpha value is -4.06. The maximum atomic E-state index is 9.15. The molecule has 5 rings (SSSR count). The lowest BCUT2D eigenvalue weighted by molar-refractivity contribution is 1.30. The van der Waals surface area contributed by atoms with Crippen LogP contribution in [0.5, 0.6) is 0 Å². The van der Waals surface area contributed by atoms with Crippen molar-refractivity contribution in [2.24, 2.45) is 0 Å². The molecule has 0 saturated heterocycles.